The Morgan fingerprint density at radius 3 is 2.81 bits per heavy atom. The largest absolute Gasteiger partial charge is 0.436 e. The van der Waals surface area contributed by atoms with Gasteiger partial charge in [0.2, 0.25) is 5.88 Å². The van der Waals surface area contributed by atoms with Crippen molar-refractivity contribution in [1.82, 2.24) is 10.3 Å². The van der Waals surface area contributed by atoms with Crippen LogP contribution >= 0.6 is 15.9 Å². The first-order valence-electron chi connectivity index (χ1n) is 6.77. The van der Waals surface area contributed by atoms with Gasteiger partial charge in [0.05, 0.1) is 0 Å². The van der Waals surface area contributed by atoms with E-state index in [2.05, 4.69) is 40.1 Å². The molecule has 2 aromatic rings. The van der Waals surface area contributed by atoms with Gasteiger partial charge in [0.15, 0.2) is 11.6 Å². The van der Waals surface area contributed by atoms with Crippen molar-refractivity contribution in [3.63, 3.8) is 0 Å². The molecule has 0 spiro atoms. The molecule has 0 unspecified atom stereocenters. The van der Waals surface area contributed by atoms with E-state index in [4.69, 9.17) is 4.74 Å². The number of hydrogen-bond acceptors (Lipinski definition) is 3. The maximum Gasteiger partial charge on any atom is 0.223 e. The van der Waals surface area contributed by atoms with E-state index in [0.717, 1.165) is 15.6 Å². The maximum atomic E-state index is 13.8. The van der Waals surface area contributed by atoms with Crippen LogP contribution in [0.5, 0.6) is 11.6 Å². The second kappa shape index (κ2) is 7.00. The first kappa shape index (κ1) is 15.9. The molecule has 0 aliphatic heterocycles. The average molecular weight is 353 g/mol. The van der Waals surface area contributed by atoms with Gasteiger partial charge in [0.25, 0.3) is 0 Å². The number of aromatic nitrogens is 1. The van der Waals surface area contributed by atoms with Crippen LogP contribution < -0.4 is 10.1 Å². The SMILES string of the molecule is Cc1ccc(F)c(Oc2ncc(Br)cc2CNC(C)C)c1. The highest BCUT2D eigenvalue weighted by Crippen LogP contribution is 2.28. The minimum atomic E-state index is -0.395. The first-order chi connectivity index (χ1) is 9.95. The average Bonchev–Trinajstić information content (AvgIpc) is 2.43. The maximum absolute atomic E-state index is 13.8. The topological polar surface area (TPSA) is 34.1 Å². The van der Waals surface area contributed by atoms with Gasteiger partial charge in [-0.2, -0.15) is 0 Å². The Bertz CT molecular complexity index is 632. The zero-order valence-electron chi connectivity index (χ0n) is 12.3. The lowest BCUT2D eigenvalue weighted by atomic mass is 10.2. The van der Waals surface area contributed by atoms with Crippen molar-refractivity contribution in [1.29, 1.82) is 0 Å². The van der Waals surface area contributed by atoms with Crippen molar-refractivity contribution in [2.45, 2.75) is 33.4 Å². The summed E-state index contributed by atoms with van der Waals surface area (Å²) in [5.74, 6) is 0.208. The van der Waals surface area contributed by atoms with Gasteiger partial charge in [-0.15, -0.1) is 0 Å². The Kier molecular flexibility index (Phi) is 5.31. The zero-order valence-corrected chi connectivity index (χ0v) is 13.9. The highest BCUT2D eigenvalue weighted by Gasteiger charge is 2.11. The zero-order chi connectivity index (χ0) is 15.4. The monoisotopic (exact) mass is 352 g/mol. The Balaban J connectivity index is 2.28. The van der Waals surface area contributed by atoms with E-state index in [1.807, 2.05) is 13.0 Å². The van der Waals surface area contributed by atoms with Crippen molar-refractivity contribution in [2.24, 2.45) is 0 Å². The van der Waals surface area contributed by atoms with E-state index in [1.165, 1.54) is 6.07 Å². The highest BCUT2D eigenvalue weighted by atomic mass is 79.9. The molecule has 0 fully saturated rings. The molecule has 5 heteroatoms. The molecule has 112 valence electrons. The minimum Gasteiger partial charge on any atom is -0.436 e. The number of rotatable bonds is 5. The summed E-state index contributed by atoms with van der Waals surface area (Å²) in [5, 5.41) is 3.31. The van der Waals surface area contributed by atoms with Crippen molar-refractivity contribution >= 4 is 15.9 Å². The number of nitrogens with one attached hydrogen (secondary N) is 1. The molecule has 0 aliphatic rings. The van der Waals surface area contributed by atoms with Gasteiger partial charge in [-0.1, -0.05) is 19.9 Å². The summed E-state index contributed by atoms with van der Waals surface area (Å²) >= 11 is 3.39. The lowest BCUT2D eigenvalue weighted by Gasteiger charge is -2.13. The molecule has 0 atom stereocenters. The quantitative estimate of drug-likeness (QED) is 0.854. The van der Waals surface area contributed by atoms with Gasteiger partial charge >= 0.3 is 0 Å². The number of benzene rings is 1. The van der Waals surface area contributed by atoms with E-state index in [0.29, 0.717) is 18.5 Å². The molecule has 1 heterocycles. The van der Waals surface area contributed by atoms with E-state index >= 15 is 0 Å². The molecule has 21 heavy (non-hydrogen) atoms. The van der Waals surface area contributed by atoms with Crippen molar-refractivity contribution in [2.75, 3.05) is 0 Å². The number of halogens is 2. The summed E-state index contributed by atoms with van der Waals surface area (Å²) in [7, 11) is 0. The highest BCUT2D eigenvalue weighted by molar-refractivity contribution is 9.10. The van der Waals surface area contributed by atoms with Crippen LogP contribution in [-0.4, -0.2) is 11.0 Å². The van der Waals surface area contributed by atoms with Crippen LogP contribution in [-0.2, 0) is 6.54 Å². The lowest BCUT2D eigenvalue weighted by Crippen LogP contribution is -2.22. The third kappa shape index (κ3) is 4.51. The molecule has 0 saturated heterocycles. The molecule has 0 amide bonds. The smallest absolute Gasteiger partial charge is 0.223 e. The Morgan fingerprint density at radius 1 is 1.33 bits per heavy atom. The van der Waals surface area contributed by atoms with Gasteiger partial charge in [-0.25, -0.2) is 9.37 Å². The predicted molar refractivity (Wildman–Crippen MR) is 85.1 cm³/mol. The predicted octanol–water partition coefficient (Wildman–Crippen LogP) is 4.58. The summed E-state index contributed by atoms with van der Waals surface area (Å²) in [6, 6.07) is 7.03. The number of ether oxygens (including phenoxy) is 1. The number of pyridine rings is 1. The lowest BCUT2D eigenvalue weighted by molar-refractivity contribution is 0.418. The fraction of sp³-hybridized carbons (Fsp3) is 0.312. The molecule has 0 saturated carbocycles. The van der Waals surface area contributed by atoms with Gasteiger partial charge in [0.1, 0.15) is 0 Å². The standard InChI is InChI=1S/C16H18BrFN2O/c1-10(2)19-8-12-7-13(17)9-20-16(12)21-15-6-11(3)4-5-14(15)18/h4-7,9-10,19H,8H2,1-3H3. The van der Waals surface area contributed by atoms with Crippen LogP contribution in [0.4, 0.5) is 4.39 Å². The van der Waals surface area contributed by atoms with E-state index < -0.39 is 5.82 Å². The van der Waals surface area contributed by atoms with Gasteiger partial charge < -0.3 is 10.1 Å². The molecular weight excluding hydrogens is 335 g/mol. The summed E-state index contributed by atoms with van der Waals surface area (Å²) < 4.78 is 20.3. The van der Waals surface area contributed by atoms with E-state index in [9.17, 15) is 4.39 Å². The van der Waals surface area contributed by atoms with Crippen molar-refractivity contribution in [3.8, 4) is 11.6 Å². The summed E-state index contributed by atoms with van der Waals surface area (Å²) in [4.78, 5) is 4.25. The van der Waals surface area contributed by atoms with E-state index in [1.54, 1.807) is 18.3 Å². The Labute approximate surface area is 132 Å². The first-order valence-corrected chi connectivity index (χ1v) is 7.57. The van der Waals surface area contributed by atoms with Gasteiger partial charge in [0, 0.05) is 28.8 Å². The molecule has 1 N–H and O–H groups in total. The summed E-state index contributed by atoms with van der Waals surface area (Å²) in [6.45, 7) is 6.62. The molecule has 0 aliphatic carbocycles. The molecule has 1 aromatic heterocycles. The molecule has 2 rings (SSSR count). The van der Waals surface area contributed by atoms with Crippen LogP contribution in [0.2, 0.25) is 0 Å². The third-order valence-electron chi connectivity index (χ3n) is 2.89. The van der Waals surface area contributed by atoms with Crippen molar-refractivity contribution in [3.05, 3.63) is 51.9 Å². The van der Waals surface area contributed by atoms with E-state index in [-0.39, 0.29) is 5.75 Å². The number of hydrogen-bond donors (Lipinski definition) is 1. The normalized spacial score (nSPS) is 11.0. The third-order valence-corrected chi connectivity index (χ3v) is 3.32. The van der Waals surface area contributed by atoms with Crippen LogP contribution in [0, 0.1) is 12.7 Å². The van der Waals surface area contributed by atoms with Crippen LogP contribution in [0.25, 0.3) is 0 Å². The summed E-state index contributed by atoms with van der Waals surface area (Å²) in [5.41, 5.74) is 1.81. The fourth-order valence-corrected chi connectivity index (χ4v) is 2.17. The van der Waals surface area contributed by atoms with Gasteiger partial charge in [-0.05, 0) is 46.6 Å². The molecular formula is C16H18BrFN2O. The number of aryl methyl sites for hydroxylation is 1. The second-order valence-electron chi connectivity index (χ2n) is 5.19. The number of nitrogens with zero attached hydrogens (tertiary/aromatic N) is 1. The Morgan fingerprint density at radius 2 is 2.10 bits per heavy atom. The van der Waals surface area contributed by atoms with Crippen LogP contribution in [0.15, 0.2) is 34.9 Å². The molecule has 1 aromatic carbocycles. The van der Waals surface area contributed by atoms with Crippen LogP contribution in [0.1, 0.15) is 25.0 Å². The molecule has 0 bridgehead atoms. The summed E-state index contributed by atoms with van der Waals surface area (Å²) in [6.07, 6.45) is 1.64. The second-order valence-corrected chi connectivity index (χ2v) is 6.11. The molecule has 0 radical (unpaired) electrons. The molecule has 3 nitrogen and oxygen atoms in total. The minimum absolute atomic E-state index is 0.190. The van der Waals surface area contributed by atoms with Gasteiger partial charge in [-0.3, -0.25) is 0 Å². The van der Waals surface area contributed by atoms with Crippen LogP contribution in [0.3, 0.4) is 0 Å². The fourth-order valence-electron chi connectivity index (χ4n) is 1.79. The van der Waals surface area contributed by atoms with Crippen molar-refractivity contribution < 1.29 is 9.13 Å². The Hall–Kier alpha value is -1.46.